The molecule has 0 atom stereocenters. The highest BCUT2D eigenvalue weighted by Gasteiger charge is 2.35. The molecular formula is C10H19N3O. The maximum absolute atomic E-state index is 11.2. The average molecular weight is 197 g/mol. The Morgan fingerprint density at radius 1 is 1.21 bits per heavy atom. The summed E-state index contributed by atoms with van der Waals surface area (Å²) in [6.07, 6.45) is 3.28. The zero-order valence-corrected chi connectivity index (χ0v) is 8.81. The lowest BCUT2D eigenvalue weighted by Gasteiger charge is -2.45. The monoisotopic (exact) mass is 197 g/mol. The van der Waals surface area contributed by atoms with Gasteiger partial charge < -0.3 is 4.90 Å². The lowest BCUT2D eigenvalue weighted by Crippen LogP contribution is -2.65. The SMILES string of the molecule is CC(=O)N1CCC2(CC1)NCCCN2. The number of rotatable bonds is 0. The van der Waals surface area contributed by atoms with Crippen LogP contribution in [0.4, 0.5) is 0 Å². The smallest absolute Gasteiger partial charge is 0.219 e. The summed E-state index contributed by atoms with van der Waals surface area (Å²) in [5, 5.41) is 7.09. The first kappa shape index (κ1) is 9.93. The van der Waals surface area contributed by atoms with Crippen LogP contribution in [0.25, 0.3) is 0 Å². The third-order valence-corrected chi connectivity index (χ3v) is 3.34. The van der Waals surface area contributed by atoms with Gasteiger partial charge in [-0.05, 0) is 32.4 Å². The fourth-order valence-corrected chi connectivity index (χ4v) is 2.36. The van der Waals surface area contributed by atoms with E-state index in [0.717, 1.165) is 39.0 Å². The Morgan fingerprint density at radius 3 is 2.29 bits per heavy atom. The topological polar surface area (TPSA) is 44.4 Å². The second-order valence-corrected chi connectivity index (χ2v) is 4.30. The number of nitrogens with zero attached hydrogens (tertiary/aromatic N) is 1. The third kappa shape index (κ3) is 1.91. The molecule has 0 aliphatic carbocycles. The molecule has 1 amide bonds. The predicted octanol–water partition coefficient (Wildman–Crippen LogP) is -0.0921. The number of likely N-dealkylation sites (tertiary alicyclic amines) is 1. The molecule has 4 nitrogen and oxygen atoms in total. The Hall–Kier alpha value is -0.610. The summed E-state index contributed by atoms with van der Waals surface area (Å²) < 4.78 is 0. The second-order valence-electron chi connectivity index (χ2n) is 4.30. The molecule has 2 N–H and O–H groups in total. The Balaban J connectivity index is 1.90. The number of carbonyl (C=O) groups is 1. The van der Waals surface area contributed by atoms with E-state index in [4.69, 9.17) is 0 Å². The summed E-state index contributed by atoms with van der Waals surface area (Å²) >= 11 is 0. The van der Waals surface area contributed by atoms with Gasteiger partial charge in [-0.15, -0.1) is 0 Å². The van der Waals surface area contributed by atoms with Gasteiger partial charge >= 0.3 is 0 Å². The van der Waals surface area contributed by atoms with Crippen LogP contribution in [0.15, 0.2) is 0 Å². The van der Waals surface area contributed by atoms with Crippen LogP contribution in [0, 0.1) is 0 Å². The summed E-state index contributed by atoms with van der Waals surface area (Å²) in [7, 11) is 0. The van der Waals surface area contributed by atoms with Gasteiger partial charge in [0.2, 0.25) is 5.91 Å². The van der Waals surface area contributed by atoms with Gasteiger partial charge in [-0.1, -0.05) is 0 Å². The van der Waals surface area contributed by atoms with Crippen molar-refractivity contribution in [3.05, 3.63) is 0 Å². The van der Waals surface area contributed by atoms with Crippen LogP contribution in [0.2, 0.25) is 0 Å². The Bertz CT molecular complexity index is 213. The van der Waals surface area contributed by atoms with Crippen molar-refractivity contribution in [2.24, 2.45) is 0 Å². The van der Waals surface area contributed by atoms with E-state index < -0.39 is 0 Å². The summed E-state index contributed by atoms with van der Waals surface area (Å²) in [5.41, 5.74) is 0.129. The molecule has 0 aromatic heterocycles. The van der Waals surface area contributed by atoms with Crippen molar-refractivity contribution in [3.8, 4) is 0 Å². The molecule has 0 radical (unpaired) electrons. The number of carbonyl (C=O) groups excluding carboxylic acids is 1. The summed E-state index contributed by atoms with van der Waals surface area (Å²) in [5.74, 6) is 0.204. The van der Waals surface area contributed by atoms with Gasteiger partial charge in [0.05, 0.1) is 5.66 Å². The van der Waals surface area contributed by atoms with Crippen molar-refractivity contribution in [2.75, 3.05) is 26.2 Å². The molecule has 0 unspecified atom stereocenters. The normalized spacial score (nSPS) is 26.5. The van der Waals surface area contributed by atoms with Crippen molar-refractivity contribution in [1.82, 2.24) is 15.5 Å². The van der Waals surface area contributed by atoms with E-state index in [-0.39, 0.29) is 11.6 Å². The third-order valence-electron chi connectivity index (χ3n) is 3.34. The zero-order valence-electron chi connectivity index (χ0n) is 8.81. The van der Waals surface area contributed by atoms with Crippen LogP contribution in [-0.2, 0) is 4.79 Å². The van der Waals surface area contributed by atoms with Gasteiger partial charge in [0.25, 0.3) is 0 Å². The molecule has 2 fully saturated rings. The van der Waals surface area contributed by atoms with Crippen LogP contribution in [0.5, 0.6) is 0 Å². The van der Waals surface area contributed by atoms with E-state index in [9.17, 15) is 4.79 Å². The van der Waals surface area contributed by atoms with E-state index in [1.54, 1.807) is 6.92 Å². The molecule has 2 rings (SSSR count). The number of amides is 1. The largest absolute Gasteiger partial charge is 0.343 e. The number of piperidine rings is 1. The van der Waals surface area contributed by atoms with Crippen molar-refractivity contribution < 1.29 is 4.79 Å². The van der Waals surface area contributed by atoms with Crippen molar-refractivity contribution in [1.29, 1.82) is 0 Å². The fourth-order valence-electron chi connectivity index (χ4n) is 2.36. The molecule has 0 aromatic carbocycles. The summed E-state index contributed by atoms with van der Waals surface area (Å²) in [6, 6.07) is 0. The number of hydrogen-bond acceptors (Lipinski definition) is 3. The Labute approximate surface area is 85.0 Å². The van der Waals surface area contributed by atoms with E-state index in [1.165, 1.54) is 6.42 Å². The van der Waals surface area contributed by atoms with Crippen molar-refractivity contribution in [2.45, 2.75) is 31.8 Å². The van der Waals surface area contributed by atoms with E-state index in [1.807, 2.05) is 4.90 Å². The molecule has 4 heteroatoms. The quantitative estimate of drug-likeness (QED) is 0.570. The molecule has 0 aromatic rings. The number of hydrogen-bond donors (Lipinski definition) is 2. The number of nitrogens with one attached hydrogen (secondary N) is 2. The van der Waals surface area contributed by atoms with Gasteiger partial charge in [0.1, 0.15) is 0 Å². The first-order valence-electron chi connectivity index (χ1n) is 5.47. The van der Waals surface area contributed by atoms with E-state index >= 15 is 0 Å². The van der Waals surface area contributed by atoms with Crippen molar-refractivity contribution in [3.63, 3.8) is 0 Å². The first-order chi connectivity index (χ1) is 6.72. The maximum atomic E-state index is 11.2. The molecule has 2 aliphatic heterocycles. The highest BCUT2D eigenvalue weighted by molar-refractivity contribution is 5.73. The van der Waals surface area contributed by atoms with Crippen LogP contribution < -0.4 is 10.6 Å². The maximum Gasteiger partial charge on any atom is 0.219 e. The average Bonchev–Trinajstić information content (AvgIpc) is 2.19. The molecule has 2 aliphatic rings. The minimum Gasteiger partial charge on any atom is -0.343 e. The van der Waals surface area contributed by atoms with Gasteiger partial charge in [0.15, 0.2) is 0 Å². The van der Waals surface area contributed by atoms with Gasteiger partial charge in [-0.25, -0.2) is 0 Å². The fraction of sp³-hybridized carbons (Fsp3) is 0.900. The highest BCUT2D eigenvalue weighted by atomic mass is 16.2. The molecular weight excluding hydrogens is 178 g/mol. The van der Waals surface area contributed by atoms with Crippen LogP contribution in [0.1, 0.15) is 26.2 Å². The molecule has 0 saturated carbocycles. The second kappa shape index (κ2) is 3.87. The van der Waals surface area contributed by atoms with Crippen LogP contribution >= 0.6 is 0 Å². The lowest BCUT2D eigenvalue weighted by atomic mass is 9.94. The highest BCUT2D eigenvalue weighted by Crippen LogP contribution is 2.21. The van der Waals surface area contributed by atoms with Crippen molar-refractivity contribution >= 4 is 5.91 Å². The summed E-state index contributed by atoms with van der Waals surface area (Å²) in [6.45, 7) is 5.63. The summed E-state index contributed by atoms with van der Waals surface area (Å²) in [4.78, 5) is 13.1. The molecule has 0 bridgehead atoms. The minimum absolute atomic E-state index is 0.129. The van der Waals surface area contributed by atoms with Crippen LogP contribution in [-0.4, -0.2) is 42.6 Å². The van der Waals surface area contributed by atoms with Crippen LogP contribution in [0.3, 0.4) is 0 Å². The molecule has 2 heterocycles. The lowest BCUT2D eigenvalue weighted by molar-refractivity contribution is -0.130. The van der Waals surface area contributed by atoms with Gasteiger partial charge in [0, 0.05) is 20.0 Å². The Kier molecular flexibility index (Phi) is 2.74. The van der Waals surface area contributed by atoms with Gasteiger partial charge in [-0.2, -0.15) is 0 Å². The van der Waals surface area contributed by atoms with E-state index in [2.05, 4.69) is 10.6 Å². The standard InChI is InChI=1S/C10H19N3O/c1-9(14)13-7-3-10(4-8-13)11-5-2-6-12-10/h11-12H,2-8H2,1H3. The first-order valence-corrected chi connectivity index (χ1v) is 5.47. The van der Waals surface area contributed by atoms with E-state index in [0.29, 0.717) is 0 Å². The van der Waals surface area contributed by atoms with Gasteiger partial charge in [-0.3, -0.25) is 15.4 Å². The predicted molar refractivity (Wildman–Crippen MR) is 54.8 cm³/mol. The minimum atomic E-state index is 0.129. The molecule has 80 valence electrons. The Morgan fingerprint density at radius 2 is 1.79 bits per heavy atom. The molecule has 2 saturated heterocycles. The zero-order chi connectivity index (χ0) is 10.0. The molecule has 14 heavy (non-hydrogen) atoms. The molecule has 1 spiro atoms.